The molecule has 0 bridgehead atoms. The summed E-state index contributed by atoms with van der Waals surface area (Å²) in [4.78, 5) is 5.68. The van der Waals surface area contributed by atoms with Crippen molar-refractivity contribution < 1.29 is 13.2 Å². The maximum atomic E-state index is 12.8. The summed E-state index contributed by atoms with van der Waals surface area (Å²) in [5.74, 6) is 1.10. The van der Waals surface area contributed by atoms with Crippen LogP contribution in [-0.4, -0.2) is 18.6 Å². The molecule has 0 radical (unpaired) electrons. The third kappa shape index (κ3) is 4.27. The van der Waals surface area contributed by atoms with Crippen molar-refractivity contribution in [2.24, 2.45) is 11.8 Å². The van der Waals surface area contributed by atoms with E-state index >= 15 is 0 Å². The van der Waals surface area contributed by atoms with E-state index in [9.17, 15) is 13.2 Å². The molecule has 0 amide bonds. The van der Waals surface area contributed by atoms with E-state index in [4.69, 9.17) is 11.6 Å². The molecule has 1 rings (SSSR count). The summed E-state index contributed by atoms with van der Waals surface area (Å²) in [6.45, 7) is 6.86. The Bertz CT molecular complexity index is 432. The minimum atomic E-state index is -4.46. The first-order valence-corrected chi connectivity index (χ1v) is 6.44. The van der Waals surface area contributed by atoms with Crippen molar-refractivity contribution in [3.63, 3.8) is 0 Å². The molecule has 6 heteroatoms. The van der Waals surface area contributed by atoms with Crippen molar-refractivity contribution >= 4 is 17.4 Å². The summed E-state index contributed by atoms with van der Waals surface area (Å²) in [6, 6.07) is 0.995. The zero-order chi connectivity index (χ0) is 14.8. The van der Waals surface area contributed by atoms with Gasteiger partial charge >= 0.3 is 6.18 Å². The van der Waals surface area contributed by atoms with Crippen LogP contribution in [0.1, 0.15) is 26.3 Å². The topological polar surface area (TPSA) is 16.1 Å². The van der Waals surface area contributed by atoms with E-state index in [1.54, 1.807) is 11.9 Å². The van der Waals surface area contributed by atoms with Crippen LogP contribution in [0.25, 0.3) is 0 Å². The van der Waals surface area contributed by atoms with Crippen LogP contribution in [0.3, 0.4) is 0 Å². The van der Waals surface area contributed by atoms with Crippen molar-refractivity contribution in [1.29, 1.82) is 0 Å². The van der Waals surface area contributed by atoms with Crippen molar-refractivity contribution in [2.45, 2.75) is 26.9 Å². The number of pyridine rings is 1. The highest BCUT2D eigenvalue weighted by molar-refractivity contribution is 6.31. The highest BCUT2D eigenvalue weighted by Gasteiger charge is 2.34. The molecule has 0 aliphatic carbocycles. The first kappa shape index (κ1) is 16.1. The van der Waals surface area contributed by atoms with Gasteiger partial charge in [-0.2, -0.15) is 13.2 Å². The summed E-state index contributed by atoms with van der Waals surface area (Å²) in [7, 11) is 1.73. The SMILES string of the molecule is CC(C)C(C)CN(C)c1cc(C(F)(F)F)c(Cl)cn1. The third-order valence-electron chi connectivity index (χ3n) is 3.24. The molecule has 0 saturated heterocycles. The molecule has 0 fully saturated rings. The number of nitrogens with zero attached hydrogens (tertiary/aromatic N) is 2. The molecule has 0 aliphatic heterocycles. The van der Waals surface area contributed by atoms with Crippen molar-refractivity contribution in [3.8, 4) is 0 Å². The Morgan fingerprint density at radius 2 is 1.89 bits per heavy atom. The van der Waals surface area contributed by atoms with Gasteiger partial charge in [-0.3, -0.25) is 0 Å². The van der Waals surface area contributed by atoms with Crippen LogP contribution in [0.4, 0.5) is 19.0 Å². The predicted octanol–water partition coefficient (Wildman–Crippen LogP) is 4.48. The molecule has 1 unspecified atom stereocenters. The Balaban J connectivity index is 2.96. The summed E-state index contributed by atoms with van der Waals surface area (Å²) in [6.07, 6.45) is -3.41. The molecule has 19 heavy (non-hydrogen) atoms. The number of hydrogen-bond acceptors (Lipinski definition) is 2. The third-order valence-corrected chi connectivity index (χ3v) is 3.54. The van der Waals surface area contributed by atoms with Crippen molar-refractivity contribution in [3.05, 3.63) is 22.8 Å². The maximum Gasteiger partial charge on any atom is 0.418 e. The van der Waals surface area contributed by atoms with Gasteiger partial charge in [-0.25, -0.2) is 4.98 Å². The lowest BCUT2D eigenvalue weighted by Crippen LogP contribution is -2.27. The summed E-state index contributed by atoms with van der Waals surface area (Å²) in [5.41, 5.74) is -0.844. The Labute approximate surface area is 116 Å². The zero-order valence-corrected chi connectivity index (χ0v) is 12.2. The molecule has 0 saturated carbocycles. The second-order valence-electron chi connectivity index (χ2n) is 5.12. The Morgan fingerprint density at radius 1 is 1.32 bits per heavy atom. The first-order chi connectivity index (χ1) is 8.62. The molecule has 108 valence electrons. The van der Waals surface area contributed by atoms with Gasteiger partial charge < -0.3 is 4.90 Å². The van der Waals surface area contributed by atoms with Gasteiger partial charge in [0.1, 0.15) is 5.82 Å². The number of halogens is 4. The van der Waals surface area contributed by atoms with Crippen LogP contribution in [0.2, 0.25) is 5.02 Å². The van der Waals surface area contributed by atoms with E-state index in [0.29, 0.717) is 18.4 Å². The van der Waals surface area contributed by atoms with E-state index in [1.807, 2.05) is 0 Å². The predicted molar refractivity (Wildman–Crippen MR) is 71.5 cm³/mol. The summed E-state index contributed by atoms with van der Waals surface area (Å²) in [5, 5.41) is -0.374. The highest BCUT2D eigenvalue weighted by atomic mass is 35.5. The molecule has 1 heterocycles. The number of hydrogen-bond donors (Lipinski definition) is 0. The molecule has 1 aromatic rings. The zero-order valence-electron chi connectivity index (χ0n) is 11.4. The molecule has 0 aliphatic rings. The van der Waals surface area contributed by atoms with Crippen molar-refractivity contribution in [1.82, 2.24) is 4.98 Å². The molecule has 0 aromatic carbocycles. The van der Waals surface area contributed by atoms with Crippen LogP contribution >= 0.6 is 11.6 Å². The van der Waals surface area contributed by atoms with E-state index in [0.717, 1.165) is 12.3 Å². The molecule has 1 atom stereocenters. The fourth-order valence-corrected chi connectivity index (χ4v) is 1.80. The molecule has 0 N–H and O–H groups in total. The number of aromatic nitrogens is 1. The second-order valence-corrected chi connectivity index (χ2v) is 5.53. The van der Waals surface area contributed by atoms with Crippen molar-refractivity contribution in [2.75, 3.05) is 18.5 Å². The first-order valence-electron chi connectivity index (χ1n) is 6.06. The quantitative estimate of drug-likeness (QED) is 0.814. The van der Waals surface area contributed by atoms with Gasteiger partial charge in [-0.05, 0) is 17.9 Å². The van der Waals surface area contributed by atoms with Crippen LogP contribution in [-0.2, 0) is 6.18 Å². The minimum Gasteiger partial charge on any atom is -0.359 e. The lowest BCUT2D eigenvalue weighted by Gasteiger charge is -2.25. The van der Waals surface area contributed by atoms with Crippen LogP contribution < -0.4 is 4.90 Å². The Kier molecular flexibility index (Phi) is 5.07. The van der Waals surface area contributed by atoms with E-state index < -0.39 is 11.7 Å². The van der Waals surface area contributed by atoms with Crippen LogP contribution in [0, 0.1) is 11.8 Å². The van der Waals surface area contributed by atoms with Gasteiger partial charge in [0, 0.05) is 19.8 Å². The molecule has 0 spiro atoms. The van der Waals surface area contributed by atoms with E-state index in [2.05, 4.69) is 25.8 Å². The highest BCUT2D eigenvalue weighted by Crippen LogP contribution is 2.35. The summed E-state index contributed by atoms with van der Waals surface area (Å²) < 4.78 is 38.3. The smallest absolute Gasteiger partial charge is 0.359 e. The van der Waals surface area contributed by atoms with Gasteiger partial charge in [0.2, 0.25) is 0 Å². The number of rotatable bonds is 4. The number of alkyl halides is 3. The largest absolute Gasteiger partial charge is 0.418 e. The van der Waals surface area contributed by atoms with Gasteiger partial charge in [-0.15, -0.1) is 0 Å². The minimum absolute atomic E-state index is 0.282. The number of anilines is 1. The monoisotopic (exact) mass is 294 g/mol. The summed E-state index contributed by atoms with van der Waals surface area (Å²) >= 11 is 5.54. The molecule has 1 aromatic heterocycles. The van der Waals surface area contributed by atoms with Gasteiger partial charge in [0.05, 0.1) is 10.6 Å². The molecular formula is C13H18ClF3N2. The van der Waals surface area contributed by atoms with Crippen LogP contribution in [0.15, 0.2) is 12.3 Å². The van der Waals surface area contributed by atoms with Gasteiger partial charge in [0.15, 0.2) is 0 Å². The fraction of sp³-hybridized carbons (Fsp3) is 0.615. The van der Waals surface area contributed by atoms with E-state index in [1.165, 1.54) is 0 Å². The van der Waals surface area contributed by atoms with Crippen LogP contribution in [0.5, 0.6) is 0 Å². The standard InChI is InChI=1S/C13H18ClF3N2/c1-8(2)9(3)7-19(4)12-5-10(13(15,16)17)11(14)6-18-12/h5-6,8-9H,7H2,1-4H3. The fourth-order valence-electron chi connectivity index (χ4n) is 1.59. The van der Waals surface area contributed by atoms with Gasteiger partial charge in [-0.1, -0.05) is 32.4 Å². The van der Waals surface area contributed by atoms with E-state index in [-0.39, 0.29) is 10.8 Å². The average molecular weight is 295 g/mol. The Hall–Kier alpha value is -0.970. The maximum absolute atomic E-state index is 12.8. The normalized spacial score (nSPS) is 13.7. The lowest BCUT2D eigenvalue weighted by molar-refractivity contribution is -0.137. The average Bonchev–Trinajstić information content (AvgIpc) is 2.27. The Morgan fingerprint density at radius 3 is 2.37 bits per heavy atom. The molecular weight excluding hydrogens is 277 g/mol. The second kappa shape index (κ2) is 5.99. The lowest BCUT2D eigenvalue weighted by atomic mass is 9.98. The van der Waals surface area contributed by atoms with Gasteiger partial charge in [0.25, 0.3) is 0 Å². The molecule has 2 nitrogen and oxygen atoms in total.